The summed E-state index contributed by atoms with van der Waals surface area (Å²) in [7, 11) is 0. The quantitative estimate of drug-likeness (QED) is 0.781. The van der Waals surface area contributed by atoms with Crippen LogP contribution in [0, 0.1) is 6.92 Å². The van der Waals surface area contributed by atoms with E-state index in [1.807, 2.05) is 32.0 Å². The van der Waals surface area contributed by atoms with Gasteiger partial charge in [-0.1, -0.05) is 26.8 Å². The van der Waals surface area contributed by atoms with Gasteiger partial charge in [-0.25, -0.2) is 0 Å². The Kier molecular flexibility index (Phi) is 6.82. The van der Waals surface area contributed by atoms with E-state index >= 15 is 0 Å². The molecular formula is C19H29N3O3. The van der Waals surface area contributed by atoms with Crippen LogP contribution in [-0.2, 0) is 9.59 Å². The minimum absolute atomic E-state index is 0.0212. The summed E-state index contributed by atoms with van der Waals surface area (Å²) in [6, 6.07) is 5.71. The molecule has 6 heteroatoms. The van der Waals surface area contributed by atoms with E-state index in [9.17, 15) is 9.59 Å². The molecule has 0 spiro atoms. The zero-order valence-corrected chi connectivity index (χ0v) is 15.7. The SMILES string of the molecule is CCC1Oc2ccc(C)cc2N(CC(=O)NCCN(CC)CC)C1=O. The lowest BCUT2D eigenvalue weighted by molar-refractivity contribution is -0.129. The Morgan fingerprint density at radius 3 is 2.64 bits per heavy atom. The van der Waals surface area contributed by atoms with Crippen LogP contribution in [0.4, 0.5) is 5.69 Å². The van der Waals surface area contributed by atoms with Crippen molar-refractivity contribution in [3.63, 3.8) is 0 Å². The molecule has 2 amide bonds. The van der Waals surface area contributed by atoms with Gasteiger partial charge in [-0.3, -0.25) is 14.5 Å². The summed E-state index contributed by atoms with van der Waals surface area (Å²) in [5.41, 5.74) is 1.70. The van der Waals surface area contributed by atoms with Gasteiger partial charge >= 0.3 is 0 Å². The number of aryl methyl sites for hydroxylation is 1. The number of hydrogen-bond acceptors (Lipinski definition) is 4. The number of benzene rings is 1. The van der Waals surface area contributed by atoms with Crippen molar-refractivity contribution in [1.82, 2.24) is 10.2 Å². The summed E-state index contributed by atoms with van der Waals surface area (Å²) in [6.45, 7) is 11.4. The molecule has 0 aromatic heterocycles. The largest absolute Gasteiger partial charge is 0.478 e. The molecule has 0 bridgehead atoms. The highest BCUT2D eigenvalue weighted by Crippen LogP contribution is 2.35. The van der Waals surface area contributed by atoms with Crippen molar-refractivity contribution in [2.75, 3.05) is 37.6 Å². The number of nitrogens with zero attached hydrogens (tertiary/aromatic N) is 2. The van der Waals surface area contributed by atoms with Crippen molar-refractivity contribution in [3.05, 3.63) is 23.8 Å². The van der Waals surface area contributed by atoms with Crippen LogP contribution in [0.1, 0.15) is 32.8 Å². The number of anilines is 1. The molecule has 1 aliphatic heterocycles. The molecule has 1 N–H and O–H groups in total. The third-order valence-corrected chi connectivity index (χ3v) is 4.53. The van der Waals surface area contributed by atoms with Crippen LogP contribution in [0.25, 0.3) is 0 Å². The van der Waals surface area contributed by atoms with Crippen LogP contribution in [-0.4, -0.2) is 55.5 Å². The summed E-state index contributed by atoms with van der Waals surface area (Å²) in [5.74, 6) is 0.359. The summed E-state index contributed by atoms with van der Waals surface area (Å²) in [4.78, 5) is 28.8. The highest BCUT2D eigenvalue weighted by Gasteiger charge is 2.34. The Hall–Kier alpha value is -2.08. The Morgan fingerprint density at radius 1 is 1.28 bits per heavy atom. The number of rotatable bonds is 8. The van der Waals surface area contributed by atoms with E-state index in [1.54, 1.807) is 4.90 Å². The molecule has 0 aliphatic carbocycles. The Labute approximate surface area is 150 Å². The molecule has 1 aliphatic rings. The van der Waals surface area contributed by atoms with Gasteiger partial charge < -0.3 is 15.0 Å². The van der Waals surface area contributed by atoms with Gasteiger partial charge in [0.2, 0.25) is 5.91 Å². The highest BCUT2D eigenvalue weighted by atomic mass is 16.5. The van der Waals surface area contributed by atoms with Crippen molar-refractivity contribution >= 4 is 17.5 Å². The molecule has 1 aromatic carbocycles. The van der Waals surface area contributed by atoms with Gasteiger partial charge in [0.25, 0.3) is 5.91 Å². The lowest BCUT2D eigenvalue weighted by Crippen LogP contribution is -2.50. The van der Waals surface area contributed by atoms with Crippen molar-refractivity contribution in [2.24, 2.45) is 0 Å². The number of amides is 2. The third-order valence-electron chi connectivity index (χ3n) is 4.53. The van der Waals surface area contributed by atoms with Gasteiger partial charge in [-0.15, -0.1) is 0 Å². The minimum Gasteiger partial charge on any atom is -0.478 e. The van der Waals surface area contributed by atoms with Crippen LogP contribution < -0.4 is 15.0 Å². The normalized spacial score (nSPS) is 16.6. The van der Waals surface area contributed by atoms with Gasteiger partial charge in [-0.2, -0.15) is 0 Å². The first kappa shape index (κ1) is 19.2. The van der Waals surface area contributed by atoms with Gasteiger partial charge in [0.1, 0.15) is 12.3 Å². The van der Waals surface area contributed by atoms with Crippen LogP contribution in [0.2, 0.25) is 0 Å². The Balaban J connectivity index is 2.05. The molecule has 1 unspecified atom stereocenters. The van der Waals surface area contributed by atoms with Gasteiger partial charge in [0, 0.05) is 13.1 Å². The smallest absolute Gasteiger partial charge is 0.268 e. The highest BCUT2D eigenvalue weighted by molar-refractivity contribution is 6.03. The molecule has 1 atom stereocenters. The monoisotopic (exact) mass is 347 g/mol. The molecular weight excluding hydrogens is 318 g/mol. The standard InChI is InChI=1S/C19H29N3O3/c1-5-16-19(24)22(15-12-14(4)8-9-17(15)25-16)13-18(23)20-10-11-21(6-2)7-3/h8-9,12,16H,5-7,10-11,13H2,1-4H3,(H,20,23). The Bertz CT molecular complexity index is 614. The van der Waals surface area contributed by atoms with Gasteiger partial charge in [-0.05, 0) is 44.1 Å². The molecule has 6 nitrogen and oxygen atoms in total. The van der Waals surface area contributed by atoms with Crippen LogP contribution in [0.5, 0.6) is 5.75 Å². The van der Waals surface area contributed by atoms with Gasteiger partial charge in [0.15, 0.2) is 6.10 Å². The number of carbonyl (C=O) groups excluding carboxylic acids is 2. The maximum Gasteiger partial charge on any atom is 0.268 e. The Morgan fingerprint density at radius 2 is 2.00 bits per heavy atom. The van der Waals surface area contributed by atoms with Crippen molar-refractivity contribution in [1.29, 1.82) is 0 Å². The maximum absolute atomic E-state index is 12.7. The summed E-state index contributed by atoms with van der Waals surface area (Å²) in [6.07, 6.45) is 0.0466. The zero-order chi connectivity index (χ0) is 18.4. The number of nitrogens with one attached hydrogen (secondary N) is 1. The van der Waals surface area contributed by atoms with E-state index in [0.29, 0.717) is 24.4 Å². The summed E-state index contributed by atoms with van der Waals surface area (Å²) in [5, 5.41) is 2.91. The third kappa shape index (κ3) is 4.72. The second kappa shape index (κ2) is 8.85. The van der Waals surface area contributed by atoms with E-state index in [2.05, 4.69) is 24.1 Å². The first-order valence-electron chi connectivity index (χ1n) is 9.07. The lowest BCUT2D eigenvalue weighted by Gasteiger charge is -2.34. The lowest BCUT2D eigenvalue weighted by atomic mass is 10.1. The van der Waals surface area contributed by atoms with Crippen molar-refractivity contribution in [3.8, 4) is 5.75 Å². The molecule has 0 fully saturated rings. The fourth-order valence-electron chi connectivity index (χ4n) is 2.95. The molecule has 1 heterocycles. The molecule has 1 aromatic rings. The van der Waals surface area contributed by atoms with Crippen LogP contribution in [0.15, 0.2) is 18.2 Å². The first-order chi connectivity index (χ1) is 12.0. The van der Waals surface area contributed by atoms with E-state index in [0.717, 1.165) is 25.2 Å². The van der Waals surface area contributed by atoms with E-state index in [1.165, 1.54) is 0 Å². The molecule has 0 saturated heterocycles. The number of likely N-dealkylation sites (N-methyl/N-ethyl adjacent to an activating group) is 1. The predicted molar refractivity (Wildman–Crippen MR) is 99.0 cm³/mol. The maximum atomic E-state index is 12.7. The van der Waals surface area contributed by atoms with E-state index < -0.39 is 6.10 Å². The van der Waals surface area contributed by atoms with Crippen molar-refractivity contribution < 1.29 is 14.3 Å². The zero-order valence-electron chi connectivity index (χ0n) is 15.7. The molecule has 0 saturated carbocycles. The minimum atomic E-state index is -0.529. The van der Waals surface area contributed by atoms with Gasteiger partial charge in [0.05, 0.1) is 5.69 Å². The van der Waals surface area contributed by atoms with Crippen molar-refractivity contribution in [2.45, 2.75) is 40.2 Å². The van der Waals surface area contributed by atoms with E-state index in [4.69, 9.17) is 4.74 Å². The fourth-order valence-corrected chi connectivity index (χ4v) is 2.95. The molecule has 25 heavy (non-hydrogen) atoms. The second-order valence-corrected chi connectivity index (χ2v) is 6.29. The number of fused-ring (bicyclic) bond motifs is 1. The van der Waals surface area contributed by atoms with E-state index in [-0.39, 0.29) is 18.4 Å². The summed E-state index contributed by atoms with van der Waals surface area (Å²) < 4.78 is 5.77. The average molecular weight is 347 g/mol. The second-order valence-electron chi connectivity index (χ2n) is 6.29. The summed E-state index contributed by atoms with van der Waals surface area (Å²) >= 11 is 0. The predicted octanol–water partition coefficient (Wildman–Crippen LogP) is 1.96. The fraction of sp³-hybridized carbons (Fsp3) is 0.579. The molecule has 2 rings (SSSR count). The van der Waals surface area contributed by atoms with Crippen LogP contribution in [0.3, 0.4) is 0 Å². The number of ether oxygens (including phenoxy) is 1. The number of hydrogen-bond donors (Lipinski definition) is 1. The topological polar surface area (TPSA) is 61.9 Å². The molecule has 0 radical (unpaired) electrons. The first-order valence-corrected chi connectivity index (χ1v) is 9.07. The average Bonchev–Trinajstić information content (AvgIpc) is 2.61. The number of carbonyl (C=O) groups is 2. The van der Waals surface area contributed by atoms with Crippen LogP contribution >= 0.6 is 0 Å². The molecule has 138 valence electrons.